The van der Waals surface area contributed by atoms with Crippen molar-refractivity contribution in [1.82, 2.24) is 10.3 Å². The molecule has 0 radical (unpaired) electrons. The monoisotopic (exact) mass is 223 g/mol. The number of aromatic nitrogens is 1. The van der Waals surface area contributed by atoms with E-state index in [0.29, 0.717) is 17.8 Å². The summed E-state index contributed by atoms with van der Waals surface area (Å²) >= 11 is 0. The highest BCUT2D eigenvalue weighted by atomic mass is 16.3. The lowest BCUT2D eigenvalue weighted by Gasteiger charge is -2.13. The minimum absolute atomic E-state index is 0.0442. The summed E-state index contributed by atoms with van der Waals surface area (Å²) in [5.41, 5.74) is 6.73. The maximum absolute atomic E-state index is 11.5. The molecule has 88 valence electrons. The van der Waals surface area contributed by atoms with Gasteiger partial charge >= 0.3 is 0 Å². The second-order valence-corrected chi connectivity index (χ2v) is 3.61. The Morgan fingerprint density at radius 1 is 1.62 bits per heavy atom. The van der Waals surface area contributed by atoms with Crippen molar-refractivity contribution in [2.45, 2.75) is 25.8 Å². The van der Waals surface area contributed by atoms with Crippen LogP contribution in [0, 0.1) is 0 Å². The first-order valence-electron chi connectivity index (χ1n) is 5.26. The highest BCUT2D eigenvalue weighted by molar-refractivity contribution is 5.78. The van der Waals surface area contributed by atoms with Gasteiger partial charge in [-0.2, -0.15) is 0 Å². The standard InChI is InChI=1S/C11H17N3O2/c1-2-9(7-15)14-11(16)5-10-4-3-8(12)6-13-10/h3-4,6,9,15H,2,5,7,12H2,1H3,(H,14,16). The Balaban J connectivity index is 2.48. The van der Waals surface area contributed by atoms with E-state index in [4.69, 9.17) is 10.8 Å². The van der Waals surface area contributed by atoms with Crippen molar-refractivity contribution < 1.29 is 9.90 Å². The first-order valence-corrected chi connectivity index (χ1v) is 5.26. The van der Waals surface area contributed by atoms with E-state index >= 15 is 0 Å². The van der Waals surface area contributed by atoms with Crippen LogP contribution in [0.25, 0.3) is 0 Å². The van der Waals surface area contributed by atoms with Gasteiger partial charge in [0.25, 0.3) is 0 Å². The van der Waals surface area contributed by atoms with Crippen LogP contribution in [0.2, 0.25) is 0 Å². The van der Waals surface area contributed by atoms with E-state index in [9.17, 15) is 4.79 Å². The fourth-order valence-corrected chi connectivity index (χ4v) is 1.26. The van der Waals surface area contributed by atoms with Gasteiger partial charge in [-0.3, -0.25) is 9.78 Å². The molecular weight excluding hydrogens is 206 g/mol. The van der Waals surface area contributed by atoms with Gasteiger partial charge in [-0.1, -0.05) is 6.92 Å². The molecule has 1 atom stereocenters. The van der Waals surface area contributed by atoms with Crippen molar-refractivity contribution in [3.8, 4) is 0 Å². The first kappa shape index (κ1) is 12.4. The molecule has 1 rings (SSSR count). The molecule has 0 fully saturated rings. The van der Waals surface area contributed by atoms with Gasteiger partial charge in [0.1, 0.15) is 0 Å². The molecule has 0 saturated heterocycles. The highest BCUT2D eigenvalue weighted by Crippen LogP contribution is 2.02. The molecule has 1 aromatic heterocycles. The normalized spacial score (nSPS) is 12.1. The molecule has 0 saturated carbocycles. The third-order valence-electron chi connectivity index (χ3n) is 2.27. The van der Waals surface area contributed by atoms with Gasteiger partial charge in [0.2, 0.25) is 5.91 Å². The summed E-state index contributed by atoms with van der Waals surface area (Å²) in [6, 6.07) is 3.25. The van der Waals surface area contributed by atoms with E-state index in [1.165, 1.54) is 6.20 Å². The van der Waals surface area contributed by atoms with Crippen LogP contribution >= 0.6 is 0 Å². The average Bonchev–Trinajstić information content (AvgIpc) is 2.29. The number of aliphatic hydroxyl groups excluding tert-OH is 1. The number of amides is 1. The van der Waals surface area contributed by atoms with Gasteiger partial charge in [-0.05, 0) is 18.6 Å². The Labute approximate surface area is 94.7 Å². The summed E-state index contributed by atoms with van der Waals surface area (Å²) in [7, 11) is 0. The minimum Gasteiger partial charge on any atom is -0.397 e. The Morgan fingerprint density at radius 3 is 2.88 bits per heavy atom. The van der Waals surface area contributed by atoms with Gasteiger partial charge in [-0.15, -0.1) is 0 Å². The molecular formula is C11H17N3O2. The topological polar surface area (TPSA) is 88.2 Å². The van der Waals surface area contributed by atoms with Crippen LogP contribution in [0.5, 0.6) is 0 Å². The number of aliphatic hydroxyl groups is 1. The quantitative estimate of drug-likeness (QED) is 0.660. The number of carbonyl (C=O) groups excluding carboxylic acids is 1. The van der Waals surface area contributed by atoms with Crippen molar-refractivity contribution in [2.24, 2.45) is 0 Å². The number of hydrogen-bond donors (Lipinski definition) is 3. The van der Waals surface area contributed by atoms with Crippen LogP contribution in [0.4, 0.5) is 5.69 Å². The SMILES string of the molecule is CCC(CO)NC(=O)Cc1ccc(N)cn1. The second kappa shape index (κ2) is 6.07. The molecule has 0 aliphatic heterocycles. The van der Waals surface area contributed by atoms with Crippen LogP contribution in [0.1, 0.15) is 19.0 Å². The third-order valence-corrected chi connectivity index (χ3v) is 2.27. The fraction of sp³-hybridized carbons (Fsp3) is 0.455. The maximum Gasteiger partial charge on any atom is 0.226 e. The smallest absolute Gasteiger partial charge is 0.226 e. The number of nitrogens with one attached hydrogen (secondary N) is 1. The number of anilines is 1. The molecule has 0 bridgehead atoms. The molecule has 1 aromatic rings. The molecule has 16 heavy (non-hydrogen) atoms. The van der Waals surface area contributed by atoms with Crippen LogP contribution in [-0.4, -0.2) is 28.6 Å². The average molecular weight is 223 g/mol. The van der Waals surface area contributed by atoms with Crippen LogP contribution in [0.3, 0.4) is 0 Å². The molecule has 4 N–H and O–H groups in total. The van der Waals surface area contributed by atoms with Gasteiger partial charge in [0.15, 0.2) is 0 Å². The molecule has 1 heterocycles. The Hall–Kier alpha value is -1.62. The first-order chi connectivity index (χ1) is 7.65. The summed E-state index contributed by atoms with van der Waals surface area (Å²) in [6.45, 7) is 1.86. The third kappa shape index (κ3) is 3.86. The number of nitrogens with two attached hydrogens (primary N) is 1. The Bertz CT molecular complexity index is 334. The fourth-order valence-electron chi connectivity index (χ4n) is 1.26. The molecule has 5 nitrogen and oxygen atoms in total. The predicted octanol–water partition coefficient (Wildman–Crippen LogP) is 0.0934. The zero-order valence-electron chi connectivity index (χ0n) is 9.31. The van der Waals surface area contributed by atoms with Crippen LogP contribution < -0.4 is 11.1 Å². The van der Waals surface area contributed by atoms with Gasteiger partial charge in [0, 0.05) is 5.69 Å². The second-order valence-electron chi connectivity index (χ2n) is 3.61. The lowest BCUT2D eigenvalue weighted by molar-refractivity contribution is -0.121. The Morgan fingerprint density at radius 2 is 2.38 bits per heavy atom. The van der Waals surface area contributed by atoms with E-state index in [2.05, 4.69) is 10.3 Å². The molecule has 0 aliphatic carbocycles. The molecule has 0 aliphatic rings. The summed E-state index contributed by atoms with van der Waals surface area (Å²) in [5, 5.41) is 11.6. The van der Waals surface area contributed by atoms with E-state index in [0.717, 1.165) is 0 Å². The predicted molar refractivity (Wildman–Crippen MR) is 61.7 cm³/mol. The van der Waals surface area contributed by atoms with E-state index < -0.39 is 0 Å². The molecule has 1 unspecified atom stereocenters. The number of nitrogen functional groups attached to an aromatic ring is 1. The number of rotatable bonds is 5. The lowest BCUT2D eigenvalue weighted by Crippen LogP contribution is -2.37. The summed E-state index contributed by atoms with van der Waals surface area (Å²) in [5.74, 6) is -0.141. The van der Waals surface area contributed by atoms with E-state index in [-0.39, 0.29) is 25.0 Å². The number of nitrogens with zero attached hydrogens (tertiary/aromatic N) is 1. The summed E-state index contributed by atoms with van der Waals surface area (Å²) in [4.78, 5) is 15.6. The zero-order chi connectivity index (χ0) is 12.0. The van der Waals surface area contributed by atoms with Gasteiger partial charge in [-0.25, -0.2) is 0 Å². The maximum atomic E-state index is 11.5. The van der Waals surface area contributed by atoms with Gasteiger partial charge in [0.05, 0.1) is 31.0 Å². The minimum atomic E-state index is -0.179. The van der Waals surface area contributed by atoms with Crippen molar-refractivity contribution in [1.29, 1.82) is 0 Å². The molecule has 0 aromatic carbocycles. The molecule has 1 amide bonds. The van der Waals surface area contributed by atoms with Crippen LogP contribution in [0.15, 0.2) is 18.3 Å². The molecule has 0 spiro atoms. The van der Waals surface area contributed by atoms with Crippen molar-refractivity contribution in [2.75, 3.05) is 12.3 Å². The lowest BCUT2D eigenvalue weighted by atomic mass is 10.2. The number of carbonyl (C=O) groups is 1. The summed E-state index contributed by atoms with van der Waals surface area (Å²) < 4.78 is 0. The number of hydrogen-bond acceptors (Lipinski definition) is 4. The largest absolute Gasteiger partial charge is 0.397 e. The van der Waals surface area contributed by atoms with Crippen molar-refractivity contribution >= 4 is 11.6 Å². The van der Waals surface area contributed by atoms with Crippen molar-refractivity contribution in [3.05, 3.63) is 24.0 Å². The van der Waals surface area contributed by atoms with Crippen LogP contribution in [-0.2, 0) is 11.2 Å². The highest BCUT2D eigenvalue weighted by Gasteiger charge is 2.09. The van der Waals surface area contributed by atoms with Gasteiger partial charge < -0.3 is 16.2 Å². The Kier molecular flexibility index (Phi) is 4.72. The number of pyridine rings is 1. The van der Waals surface area contributed by atoms with E-state index in [1.54, 1.807) is 12.1 Å². The zero-order valence-corrected chi connectivity index (χ0v) is 9.31. The van der Waals surface area contributed by atoms with Crippen molar-refractivity contribution in [3.63, 3.8) is 0 Å². The molecule has 5 heteroatoms. The summed E-state index contributed by atoms with van der Waals surface area (Å²) in [6.07, 6.45) is 2.43. The van der Waals surface area contributed by atoms with E-state index in [1.807, 2.05) is 6.92 Å².